The Hall–Kier alpha value is -0.120. The Morgan fingerprint density at radius 3 is 2.69 bits per heavy atom. The largest absolute Gasteiger partial charge is 0.381 e. The maximum atomic E-state index is 6.14. The van der Waals surface area contributed by atoms with Crippen molar-refractivity contribution >= 4 is 0 Å². The zero-order chi connectivity index (χ0) is 11.4. The second-order valence-corrected chi connectivity index (χ2v) is 5.09. The summed E-state index contributed by atoms with van der Waals surface area (Å²) in [4.78, 5) is 0. The van der Waals surface area contributed by atoms with Crippen LogP contribution in [0.5, 0.6) is 0 Å². The van der Waals surface area contributed by atoms with Gasteiger partial charge in [-0.05, 0) is 33.2 Å². The highest BCUT2D eigenvalue weighted by molar-refractivity contribution is 5.00. The highest BCUT2D eigenvalue weighted by Gasteiger charge is 2.45. The van der Waals surface area contributed by atoms with Crippen LogP contribution in [0.1, 0.15) is 39.0 Å². The molecule has 16 heavy (non-hydrogen) atoms. The van der Waals surface area contributed by atoms with Crippen molar-refractivity contribution in [2.45, 2.75) is 50.7 Å². The molecule has 0 amide bonds. The molecule has 1 saturated heterocycles. The van der Waals surface area contributed by atoms with Crippen molar-refractivity contribution in [1.29, 1.82) is 0 Å². The summed E-state index contributed by atoms with van der Waals surface area (Å²) in [6.07, 6.45) is 6.23. The fourth-order valence-electron chi connectivity index (χ4n) is 3.55. The third-order valence-electron chi connectivity index (χ3n) is 4.20. The maximum absolute atomic E-state index is 6.14. The lowest BCUT2D eigenvalue weighted by molar-refractivity contribution is -0.0740. The number of ether oxygens (including phenoxy) is 2. The summed E-state index contributed by atoms with van der Waals surface area (Å²) in [7, 11) is 2.07. The molecule has 0 radical (unpaired) electrons. The van der Waals surface area contributed by atoms with E-state index in [1.807, 2.05) is 0 Å². The van der Waals surface area contributed by atoms with Crippen LogP contribution >= 0.6 is 0 Å². The van der Waals surface area contributed by atoms with Gasteiger partial charge in [0.15, 0.2) is 0 Å². The van der Waals surface area contributed by atoms with E-state index in [0.717, 1.165) is 19.8 Å². The van der Waals surface area contributed by atoms with Gasteiger partial charge in [0, 0.05) is 25.2 Å². The zero-order valence-electron chi connectivity index (χ0n) is 10.6. The van der Waals surface area contributed by atoms with Gasteiger partial charge >= 0.3 is 0 Å². The van der Waals surface area contributed by atoms with Gasteiger partial charge in [-0.15, -0.1) is 0 Å². The van der Waals surface area contributed by atoms with Gasteiger partial charge < -0.3 is 14.8 Å². The number of rotatable bonds is 5. The Bertz CT molecular complexity index is 208. The Morgan fingerprint density at radius 1 is 1.44 bits per heavy atom. The van der Waals surface area contributed by atoms with Gasteiger partial charge in [0.1, 0.15) is 0 Å². The van der Waals surface area contributed by atoms with E-state index in [1.165, 1.54) is 32.1 Å². The fraction of sp³-hybridized carbons (Fsp3) is 1.00. The average Bonchev–Trinajstić information content (AvgIpc) is 2.92. The topological polar surface area (TPSA) is 30.5 Å². The van der Waals surface area contributed by atoms with Gasteiger partial charge in [0.2, 0.25) is 0 Å². The lowest BCUT2D eigenvalue weighted by Crippen LogP contribution is -2.54. The van der Waals surface area contributed by atoms with Crippen molar-refractivity contribution in [3.05, 3.63) is 0 Å². The first-order chi connectivity index (χ1) is 7.82. The summed E-state index contributed by atoms with van der Waals surface area (Å²) in [5.41, 5.74) is 0.0852. The predicted octanol–water partition coefficient (Wildman–Crippen LogP) is 1.96. The van der Waals surface area contributed by atoms with E-state index in [4.69, 9.17) is 9.47 Å². The smallest absolute Gasteiger partial charge is 0.0838 e. The third kappa shape index (κ3) is 2.27. The number of likely N-dealkylation sites (N-methyl/N-ethyl adjacent to an activating group) is 1. The molecule has 0 aromatic heterocycles. The lowest BCUT2D eigenvalue weighted by Gasteiger charge is -2.40. The molecule has 3 heteroatoms. The number of nitrogens with one attached hydrogen (secondary N) is 1. The van der Waals surface area contributed by atoms with Crippen LogP contribution in [0.3, 0.4) is 0 Å². The van der Waals surface area contributed by atoms with E-state index in [0.29, 0.717) is 12.0 Å². The molecular weight excluding hydrogens is 202 g/mol. The minimum absolute atomic E-state index is 0.0852. The Kier molecular flexibility index (Phi) is 4.22. The molecule has 1 saturated carbocycles. The highest BCUT2D eigenvalue weighted by Crippen LogP contribution is 2.40. The summed E-state index contributed by atoms with van der Waals surface area (Å²) >= 11 is 0. The first kappa shape index (κ1) is 12.3. The molecule has 1 N–H and O–H groups in total. The van der Waals surface area contributed by atoms with Crippen LogP contribution in [0.2, 0.25) is 0 Å². The molecule has 2 unspecified atom stereocenters. The molecule has 3 nitrogen and oxygen atoms in total. The van der Waals surface area contributed by atoms with Gasteiger partial charge in [-0.3, -0.25) is 0 Å². The molecule has 0 aromatic rings. The van der Waals surface area contributed by atoms with Gasteiger partial charge in [0.25, 0.3) is 0 Å². The van der Waals surface area contributed by atoms with E-state index in [9.17, 15) is 0 Å². The first-order valence-corrected chi connectivity index (χ1v) is 6.71. The molecule has 0 bridgehead atoms. The number of hydrogen-bond donors (Lipinski definition) is 1. The van der Waals surface area contributed by atoms with Crippen LogP contribution in [0.25, 0.3) is 0 Å². The molecule has 1 aliphatic carbocycles. The Labute approximate surface area is 98.9 Å². The second-order valence-electron chi connectivity index (χ2n) is 5.09. The maximum Gasteiger partial charge on any atom is 0.0838 e. The molecule has 2 aliphatic rings. The minimum Gasteiger partial charge on any atom is -0.381 e. The quantitative estimate of drug-likeness (QED) is 0.779. The van der Waals surface area contributed by atoms with E-state index < -0.39 is 0 Å². The van der Waals surface area contributed by atoms with Crippen LogP contribution in [0.4, 0.5) is 0 Å². The molecule has 2 fully saturated rings. The molecule has 94 valence electrons. The Morgan fingerprint density at radius 2 is 2.19 bits per heavy atom. The van der Waals surface area contributed by atoms with E-state index in [1.54, 1.807) is 0 Å². The second kappa shape index (κ2) is 5.48. The summed E-state index contributed by atoms with van der Waals surface area (Å²) in [5.74, 6) is 0.634. The lowest BCUT2D eigenvalue weighted by atomic mass is 9.82. The van der Waals surface area contributed by atoms with Gasteiger partial charge in [-0.25, -0.2) is 0 Å². The van der Waals surface area contributed by atoms with E-state index in [-0.39, 0.29) is 5.60 Å². The molecule has 1 heterocycles. The van der Waals surface area contributed by atoms with E-state index >= 15 is 0 Å². The van der Waals surface area contributed by atoms with Crippen LogP contribution in [0, 0.1) is 5.92 Å². The van der Waals surface area contributed by atoms with Crippen molar-refractivity contribution in [2.75, 3.05) is 26.9 Å². The van der Waals surface area contributed by atoms with E-state index in [2.05, 4.69) is 19.3 Å². The van der Waals surface area contributed by atoms with Crippen molar-refractivity contribution < 1.29 is 9.47 Å². The average molecular weight is 227 g/mol. The van der Waals surface area contributed by atoms with Crippen LogP contribution < -0.4 is 5.32 Å². The molecular formula is C13H25NO2. The number of hydrogen-bond acceptors (Lipinski definition) is 3. The summed E-state index contributed by atoms with van der Waals surface area (Å²) in [6, 6.07) is 0.470. The van der Waals surface area contributed by atoms with Crippen LogP contribution in [-0.2, 0) is 9.47 Å². The molecule has 2 rings (SSSR count). The molecule has 1 aliphatic heterocycles. The Balaban J connectivity index is 2.08. The van der Waals surface area contributed by atoms with Crippen molar-refractivity contribution in [1.82, 2.24) is 5.32 Å². The predicted molar refractivity (Wildman–Crippen MR) is 64.6 cm³/mol. The standard InChI is InChI=1S/C13H25NO2/c1-3-16-13(7-4-5-8-13)12(14-2)11-6-9-15-10-11/h11-12,14H,3-10H2,1-2H3. The van der Waals surface area contributed by atoms with Gasteiger partial charge in [-0.1, -0.05) is 12.8 Å². The zero-order valence-corrected chi connectivity index (χ0v) is 10.6. The normalized spacial score (nSPS) is 30.8. The van der Waals surface area contributed by atoms with Crippen LogP contribution in [-0.4, -0.2) is 38.5 Å². The SMILES string of the molecule is CCOC1(C(NC)C2CCOC2)CCCC1. The molecule has 0 aromatic carbocycles. The monoisotopic (exact) mass is 227 g/mol. The van der Waals surface area contributed by atoms with Crippen molar-refractivity contribution in [3.8, 4) is 0 Å². The molecule has 0 spiro atoms. The third-order valence-corrected chi connectivity index (χ3v) is 4.20. The fourth-order valence-corrected chi connectivity index (χ4v) is 3.55. The highest BCUT2D eigenvalue weighted by atomic mass is 16.5. The van der Waals surface area contributed by atoms with Crippen LogP contribution in [0.15, 0.2) is 0 Å². The van der Waals surface area contributed by atoms with Gasteiger partial charge in [-0.2, -0.15) is 0 Å². The van der Waals surface area contributed by atoms with Crippen molar-refractivity contribution in [3.63, 3.8) is 0 Å². The summed E-state index contributed by atoms with van der Waals surface area (Å²) in [5, 5.41) is 3.51. The molecule has 2 atom stereocenters. The summed E-state index contributed by atoms with van der Waals surface area (Å²) in [6.45, 7) is 4.76. The minimum atomic E-state index is 0.0852. The summed E-state index contributed by atoms with van der Waals surface area (Å²) < 4.78 is 11.7. The van der Waals surface area contributed by atoms with Gasteiger partial charge in [0.05, 0.1) is 12.2 Å². The van der Waals surface area contributed by atoms with Crippen molar-refractivity contribution in [2.24, 2.45) is 5.92 Å². The first-order valence-electron chi connectivity index (χ1n) is 6.71.